The molecule has 0 fully saturated rings. The van der Waals surface area contributed by atoms with Crippen LogP contribution in [0, 0.1) is 6.92 Å². The van der Waals surface area contributed by atoms with E-state index in [0.29, 0.717) is 5.02 Å². The Labute approximate surface area is 139 Å². The smallest absolute Gasteiger partial charge is 0.139 e. The number of benzene rings is 2. The van der Waals surface area contributed by atoms with Gasteiger partial charge in [0.2, 0.25) is 0 Å². The zero-order valence-corrected chi connectivity index (χ0v) is 14.5. The summed E-state index contributed by atoms with van der Waals surface area (Å²) in [6.45, 7) is 4.08. The highest BCUT2D eigenvalue weighted by molar-refractivity contribution is 9.10. The molecule has 0 saturated carbocycles. The molecule has 2 nitrogen and oxygen atoms in total. The highest BCUT2D eigenvalue weighted by Crippen LogP contribution is 2.30. The van der Waals surface area contributed by atoms with Gasteiger partial charge in [-0.1, -0.05) is 46.6 Å². The molecule has 4 heteroatoms. The molecule has 0 saturated heterocycles. The Balaban J connectivity index is 2.33. The second-order valence-electron chi connectivity index (χ2n) is 5.08. The number of halogens is 2. The Morgan fingerprint density at radius 3 is 2.62 bits per heavy atom. The number of rotatable bonds is 5. The largest absolute Gasteiger partial charge is 0.484 e. The first-order valence-electron chi connectivity index (χ1n) is 6.95. The number of aryl methyl sites for hydroxylation is 1. The van der Waals surface area contributed by atoms with E-state index in [1.807, 2.05) is 49.4 Å². The maximum Gasteiger partial charge on any atom is 0.139 e. The third-order valence-corrected chi connectivity index (χ3v) is 4.16. The summed E-state index contributed by atoms with van der Waals surface area (Å²) < 4.78 is 7.22. The zero-order valence-electron chi connectivity index (χ0n) is 12.1. The molecule has 112 valence electrons. The predicted octanol–water partition coefficient (Wildman–Crippen LogP) is 5.27. The van der Waals surface area contributed by atoms with Gasteiger partial charge in [0.15, 0.2) is 0 Å². The highest BCUT2D eigenvalue weighted by Gasteiger charge is 2.21. The van der Waals surface area contributed by atoms with E-state index >= 15 is 0 Å². The average molecular weight is 369 g/mol. The Bertz CT molecular complexity index is 617. The summed E-state index contributed by atoms with van der Waals surface area (Å²) in [6, 6.07) is 13.5. The van der Waals surface area contributed by atoms with Gasteiger partial charge in [-0.25, -0.2) is 0 Å². The molecule has 0 heterocycles. The highest BCUT2D eigenvalue weighted by atomic mass is 79.9. The Hall–Kier alpha value is -1.03. The fraction of sp³-hybridized carbons (Fsp3) is 0.294. The molecule has 2 N–H and O–H groups in total. The second kappa shape index (κ2) is 7.30. The van der Waals surface area contributed by atoms with Gasteiger partial charge in [-0.05, 0) is 54.8 Å². The lowest BCUT2D eigenvalue weighted by Gasteiger charge is -2.26. The summed E-state index contributed by atoms with van der Waals surface area (Å²) in [4.78, 5) is 0. The van der Waals surface area contributed by atoms with Crippen molar-refractivity contribution in [2.24, 2.45) is 5.73 Å². The van der Waals surface area contributed by atoms with E-state index in [1.54, 1.807) is 0 Å². The van der Waals surface area contributed by atoms with Crippen LogP contribution in [-0.4, -0.2) is 6.04 Å². The SMILES string of the molecule is CCC(N)C(Oc1ccc(Br)cc1C)c1cccc(Cl)c1. The topological polar surface area (TPSA) is 35.2 Å². The average Bonchev–Trinajstić information content (AvgIpc) is 2.45. The lowest BCUT2D eigenvalue weighted by Crippen LogP contribution is -2.31. The lowest BCUT2D eigenvalue weighted by molar-refractivity contribution is 0.170. The van der Waals surface area contributed by atoms with Gasteiger partial charge < -0.3 is 10.5 Å². The molecule has 0 bridgehead atoms. The molecule has 0 aromatic heterocycles. The van der Waals surface area contributed by atoms with E-state index < -0.39 is 0 Å². The first-order valence-corrected chi connectivity index (χ1v) is 8.12. The minimum absolute atomic E-state index is 0.0912. The van der Waals surface area contributed by atoms with Gasteiger partial charge in [0.1, 0.15) is 11.9 Å². The third-order valence-electron chi connectivity index (χ3n) is 3.43. The van der Waals surface area contributed by atoms with E-state index in [9.17, 15) is 0 Å². The van der Waals surface area contributed by atoms with Crippen LogP contribution in [0.4, 0.5) is 0 Å². The van der Waals surface area contributed by atoms with Gasteiger partial charge in [-0.3, -0.25) is 0 Å². The summed E-state index contributed by atoms with van der Waals surface area (Å²) in [5.41, 5.74) is 8.32. The molecule has 2 rings (SSSR count). The van der Waals surface area contributed by atoms with Crippen LogP contribution in [0.2, 0.25) is 5.02 Å². The molecule has 2 atom stereocenters. The maximum absolute atomic E-state index is 6.25. The van der Waals surface area contributed by atoms with Crippen LogP contribution < -0.4 is 10.5 Å². The Kier molecular flexibility index (Phi) is 5.68. The van der Waals surface area contributed by atoms with Crippen LogP contribution in [0.5, 0.6) is 5.75 Å². The van der Waals surface area contributed by atoms with E-state index in [4.69, 9.17) is 22.1 Å². The summed E-state index contributed by atoms with van der Waals surface area (Å²) in [5, 5.41) is 0.692. The molecule has 2 aromatic carbocycles. The number of nitrogens with two attached hydrogens (primary N) is 1. The van der Waals surface area contributed by atoms with Gasteiger partial charge in [0.25, 0.3) is 0 Å². The van der Waals surface area contributed by atoms with Crippen molar-refractivity contribution >= 4 is 27.5 Å². The van der Waals surface area contributed by atoms with Crippen molar-refractivity contribution in [3.05, 3.63) is 63.1 Å². The van der Waals surface area contributed by atoms with Gasteiger partial charge >= 0.3 is 0 Å². The van der Waals surface area contributed by atoms with Crippen molar-refractivity contribution in [1.29, 1.82) is 0 Å². The van der Waals surface area contributed by atoms with Crippen molar-refractivity contribution in [3.63, 3.8) is 0 Å². The Morgan fingerprint density at radius 2 is 2.00 bits per heavy atom. The number of hydrogen-bond donors (Lipinski definition) is 1. The molecule has 0 radical (unpaired) electrons. The van der Waals surface area contributed by atoms with Crippen molar-refractivity contribution in [2.45, 2.75) is 32.4 Å². The summed E-state index contributed by atoms with van der Waals surface area (Å²) in [7, 11) is 0. The van der Waals surface area contributed by atoms with Crippen molar-refractivity contribution in [2.75, 3.05) is 0 Å². The van der Waals surface area contributed by atoms with E-state index in [-0.39, 0.29) is 12.1 Å². The second-order valence-corrected chi connectivity index (χ2v) is 6.43. The van der Waals surface area contributed by atoms with Crippen molar-refractivity contribution < 1.29 is 4.74 Å². The molecular formula is C17H19BrClNO. The number of ether oxygens (including phenoxy) is 1. The molecule has 0 aliphatic heterocycles. The van der Waals surface area contributed by atoms with Crippen LogP contribution in [-0.2, 0) is 0 Å². The van der Waals surface area contributed by atoms with Crippen LogP contribution >= 0.6 is 27.5 Å². The van der Waals surface area contributed by atoms with Crippen LogP contribution in [0.3, 0.4) is 0 Å². The monoisotopic (exact) mass is 367 g/mol. The maximum atomic E-state index is 6.25. The molecule has 21 heavy (non-hydrogen) atoms. The first-order chi connectivity index (χ1) is 10.0. The standard InChI is InChI=1S/C17H19BrClNO/c1-3-15(20)17(12-5-4-6-14(19)10-12)21-16-8-7-13(18)9-11(16)2/h4-10,15,17H,3,20H2,1-2H3. The van der Waals surface area contributed by atoms with E-state index in [0.717, 1.165) is 27.8 Å². The minimum atomic E-state index is -0.214. The van der Waals surface area contributed by atoms with E-state index in [2.05, 4.69) is 22.9 Å². The predicted molar refractivity (Wildman–Crippen MR) is 92.0 cm³/mol. The fourth-order valence-electron chi connectivity index (χ4n) is 2.18. The quantitative estimate of drug-likeness (QED) is 0.780. The zero-order chi connectivity index (χ0) is 15.4. The molecule has 0 spiro atoms. The molecule has 0 amide bonds. The fourth-order valence-corrected chi connectivity index (χ4v) is 2.86. The molecule has 0 aliphatic carbocycles. The lowest BCUT2D eigenvalue weighted by atomic mass is 10.0. The molecular weight excluding hydrogens is 350 g/mol. The normalized spacial score (nSPS) is 13.8. The van der Waals surface area contributed by atoms with Crippen LogP contribution in [0.1, 0.15) is 30.6 Å². The molecule has 2 aromatic rings. The van der Waals surface area contributed by atoms with Crippen molar-refractivity contribution in [1.82, 2.24) is 0 Å². The van der Waals surface area contributed by atoms with Gasteiger partial charge in [-0.15, -0.1) is 0 Å². The van der Waals surface area contributed by atoms with Crippen molar-refractivity contribution in [3.8, 4) is 5.75 Å². The third kappa shape index (κ3) is 4.22. The molecule has 0 aliphatic rings. The van der Waals surface area contributed by atoms with Crippen LogP contribution in [0.25, 0.3) is 0 Å². The summed E-state index contributed by atoms with van der Waals surface area (Å²) in [6.07, 6.45) is 0.612. The first kappa shape index (κ1) is 16.3. The minimum Gasteiger partial charge on any atom is -0.484 e. The summed E-state index contributed by atoms with van der Waals surface area (Å²) >= 11 is 9.55. The van der Waals surface area contributed by atoms with Gasteiger partial charge in [0.05, 0.1) is 0 Å². The number of hydrogen-bond acceptors (Lipinski definition) is 2. The van der Waals surface area contributed by atoms with E-state index in [1.165, 1.54) is 0 Å². The summed E-state index contributed by atoms with van der Waals surface area (Å²) in [5.74, 6) is 0.840. The van der Waals surface area contributed by atoms with Crippen LogP contribution in [0.15, 0.2) is 46.9 Å². The van der Waals surface area contributed by atoms with Gasteiger partial charge in [0, 0.05) is 15.5 Å². The molecule has 2 unspecified atom stereocenters. The Morgan fingerprint density at radius 1 is 1.24 bits per heavy atom. The van der Waals surface area contributed by atoms with Gasteiger partial charge in [-0.2, -0.15) is 0 Å².